The number of methoxy groups -OCH3 is 1. The highest BCUT2D eigenvalue weighted by Gasteiger charge is 2.26. The lowest BCUT2D eigenvalue weighted by Gasteiger charge is -2.30. The predicted molar refractivity (Wildman–Crippen MR) is 79.9 cm³/mol. The third-order valence-electron chi connectivity index (χ3n) is 3.02. The molecule has 1 saturated heterocycles. The van der Waals surface area contributed by atoms with Gasteiger partial charge in [-0.3, -0.25) is 0 Å². The smallest absolute Gasteiger partial charge is 0.213 e. The first-order chi connectivity index (χ1) is 9.19. The molecule has 1 N–H and O–H groups in total. The van der Waals surface area contributed by atoms with Crippen LogP contribution >= 0.6 is 12.4 Å². The van der Waals surface area contributed by atoms with E-state index in [2.05, 4.69) is 10.3 Å². The van der Waals surface area contributed by atoms with Gasteiger partial charge in [0.15, 0.2) is 0 Å². The average Bonchev–Trinajstić information content (AvgIpc) is 2.41. The van der Waals surface area contributed by atoms with Crippen molar-refractivity contribution < 1.29 is 14.2 Å². The first-order valence-electron chi connectivity index (χ1n) is 6.72. The molecule has 1 aliphatic rings. The Bertz CT molecular complexity index is 387. The first-order valence-corrected chi connectivity index (χ1v) is 6.72. The minimum atomic E-state index is 0. The van der Waals surface area contributed by atoms with Crippen molar-refractivity contribution in [3.63, 3.8) is 0 Å². The molecule has 0 saturated carbocycles. The first kappa shape index (κ1) is 17.0. The van der Waals surface area contributed by atoms with E-state index >= 15 is 0 Å². The number of piperidine rings is 1. The van der Waals surface area contributed by atoms with Crippen molar-refractivity contribution >= 4 is 12.4 Å². The van der Waals surface area contributed by atoms with Crippen molar-refractivity contribution in [2.75, 3.05) is 20.2 Å². The number of ether oxygens (including phenoxy) is 3. The molecule has 1 aromatic heterocycles. The Hall–Kier alpha value is -1.04. The number of halogens is 1. The summed E-state index contributed by atoms with van der Waals surface area (Å²) in [6, 6.07) is 3.72. The molecule has 6 heteroatoms. The number of rotatable bonds is 5. The second-order valence-corrected chi connectivity index (χ2v) is 4.92. The van der Waals surface area contributed by atoms with Gasteiger partial charge < -0.3 is 19.5 Å². The second-order valence-electron chi connectivity index (χ2n) is 4.92. The third-order valence-corrected chi connectivity index (χ3v) is 3.02. The molecule has 2 rings (SSSR count). The molecule has 5 nitrogen and oxygen atoms in total. The normalized spacial score (nSPS) is 22.2. The van der Waals surface area contributed by atoms with Crippen LogP contribution in [0.25, 0.3) is 0 Å². The fraction of sp³-hybridized carbons (Fsp3) is 0.643. The van der Waals surface area contributed by atoms with Crippen molar-refractivity contribution in [3.05, 3.63) is 18.3 Å². The zero-order valence-corrected chi connectivity index (χ0v) is 13.0. The van der Waals surface area contributed by atoms with Gasteiger partial charge >= 0.3 is 0 Å². The number of nitrogens with zero attached hydrogens (tertiary/aromatic N) is 1. The minimum Gasteiger partial charge on any atom is -0.489 e. The lowest BCUT2D eigenvalue weighted by molar-refractivity contribution is -0.0160. The molecule has 0 amide bonds. The standard InChI is InChI=1S/C14H22N2O3.ClH/c1-10(2)18-11-4-5-14(16-8-11)19-12-6-7-15-9-13(12)17-3;/h4-5,8,10,12-13,15H,6-7,9H2,1-3H3;1H/t12-,13-;/m1./s1. The monoisotopic (exact) mass is 302 g/mol. The SMILES string of the molecule is CO[C@@H]1CNCC[C@H]1Oc1ccc(OC(C)C)cn1.Cl. The van der Waals surface area contributed by atoms with Gasteiger partial charge in [-0.1, -0.05) is 0 Å². The van der Waals surface area contributed by atoms with E-state index in [9.17, 15) is 0 Å². The summed E-state index contributed by atoms with van der Waals surface area (Å²) in [5, 5.41) is 3.29. The van der Waals surface area contributed by atoms with Gasteiger partial charge in [-0.15, -0.1) is 12.4 Å². The van der Waals surface area contributed by atoms with E-state index in [-0.39, 0.29) is 30.7 Å². The van der Waals surface area contributed by atoms with E-state index in [0.29, 0.717) is 5.88 Å². The molecule has 2 heterocycles. The molecule has 20 heavy (non-hydrogen) atoms. The fourth-order valence-corrected chi connectivity index (χ4v) is 2.11. The molecular weight excluding hydrogens is 280 g/mol. The van der Waals surface area contributed by atoms with Gasteiger partial charge in [0.05, 0.1) is 12.3 Å². The zero-order chi connectivity index (χ0) is 13.7. The maximum Gasteiger partial charge on any atom is 0.213 e. The Balaban J connectivity index is 0.00000200. The molecule has 114 valence electrons. The topological polar surface area (TPSA) is 52.6 Å². The van der Waals surface area contributed by atoms with Crippen molar-refractivity contribution in [1.82, 2.24) is 10.3 Å². The highest BCUT2D eigenvalue weighted by molar-refractivity contribution is 5.85. The highest BCUT2D eigenvalue weighted by atomic mass is 35.5. The lowest BCUT2D eigenvalue weighted by atomic mass is 10.1. The van der Waals surface area contributed by atoms with Crippen LogP contribution in [-0.4, -0.2) is 43.5 Å². The van der Waals surface area contributed by atoms with Crippen molar-refractivity contribution in [3.8, 4) is 11.6 Å². The molecule has 0 spiro atoms. The van der Waals surface area contributed by atoms with Gasteiger partial charge in [-0.2, -0.15) is 0 Å². The Labute approximate surface area is 126 Å². The molecule has 2 atom stereocenters. The van der Waals surface area contributed by atoms with E-state index in [0.717, 1.165) is 25.3 Å². The highest BCUT2D eigenvalue weighted by Crippen LogP contribution is 2.19. The molecule has 0 bridgehead atoms. The summed E-state index contributed by atoms with van der Waals surface area (Å²) in [4.78, 5) is 4.27. The summed E-state index contributed by atoms with van der Waals surface area (Å²) in [6.45, 7) is 5.74. The number of hydrogen-bond acceptors (Lipinski definition) is 5. The maximum absolute atomic E-state index is 5.89. The zero-order valence-electron chi connectivity index (χ0n) is 12.2. The van der Waals surface area contributed by atoms with Gasteiger partial charge in [-0.05, 0) is 32.9 Å². The molecule has 0 radical (unpaired) electrons. The molecule has 1 aliphatic heterocycles. The van der Waals surface area contributed by atoms with E-state index in [1.54, 1.807) is 13.3 Å². The number of pyridine rings is 1. The fourth-order valence-electron chi connectivity index (χ4n) is 2.11. The Kier molecular flexibility index (Phi) is 7.05. The van der Waals surface area contributed by atoms with Crippen LogP contribution in [0.3, 0.4) is 0 Å². The van der Waals surface area contributed by atoms with Crippen LogP contribution in [0, 0.1) is 0 Å². The summed E-state index contributed by atoms with van der Waals surface area (Å²) < 4.78 is 16.8. The van der Waals surface area contributed by atoms with Crippen LogP contribution in [0.4, 0.5) is 0 Å². The Morgan fingerprint density at radius 3 is 2.70 bits per heavy atom. The Morgan fingerprint density at radius 2 is 2.10 bits per heavy atom. The molecule has 0 unspecified atom stereocenters. The van der Waals surface area contributed by atoms with E-state index in [1.165, 1.54) is 0 Å². The van der Waals surface area contributed by atoms with Crippen LogP contribution in [0.5, 0.6) is 11.6 Å². The van der Waals surface area contributed by atoms with E-state index in [4.69, 9.17) is 14.2 Å². The van der Waals surface area contributed by atoms with Crippen LogP contribution in [-0.2, 0) is 4.74 Å². The Morgan fingerprint density at radius 1 is 1.30 bits per heavy atom. The van der Waals surface area contributed by atoms with Crippen LogP contribution < -0.4 is 14.8 Å². The van der Waals surface area contributed by atoms with Gasteiger partial charge in [0.2, 0.25) is 5.88 Å². The van der Waals surface area contributed by atoms with Crippen molar-refractivity contribution in [2.24, 2.45) is 0 Å². The van der Waals surface area contributed by atoms with Gasteiger partial charge in [-0.25, -0.2) is 4.98 Å². The summed E-state index contributed by atoms with van der Waals surface area (Å²) >= 11 is 0. The summed E-state index contributed by atoms with van der Waals surface area (Å²) in [6.07, 6.45) is 2.89. The predicted octanol–water partition coefficient (Wildman–Crippen LogP) is 2.05. The third kappa shape index (κ3) is 4.81. The maximum atomic E-state index is 5.89. The van der Waals surface area contributed by atoms with Gasteiger partial charge in [0.25, 0.3) is 0 Å². The molecular formula is C14H23ClN2O3. The largest absolute Gasteiger partial charge is 0.489 e. The van der Waals surface area contributed by atoms with Gasteiger partial charge in [0, 0.05) is 19.7 Å². The number of nitrogens with one attached hydrogen (secondary N) is 1. The lowest BCUT2D eigenvalue weighted by Crippen LogP contribution is -2.47. The quantitative estimate of drug-likeness (QED) is 0.902. The minimum absolute atomic E-state index is 0. The van der Waals surface area contributed by atoms with Crippen molar-refractivity contribution in [2.45, 2.75) is 38.6 Å². The van der Waals surface area contributed by atoms with E-state index < -0.39 is 0 Å². The van der Waals surface area contributed by atoms with Crippen LogP contribution in [0.1, 0.15) is 20.3 Å². The van der Waals surface area contributed by atoms with Gasteiger partial charge in [0.1, 0.15) is 18.0 Å². The second kappa shape index (κ2) is 8.29. The van der Waals surface area contributed by atoms with Crippen molar-refractivity contribution in [1.29, 1.82) is 0 Å². The average molecular weight is 303 g/mol. The summed E-state index contributed by atoms with van der Waals surface area (Å²) in [7, 11) is 1.71. The van der Waals surface area contributed by atoms with Crippen LogP contribution in [0.2, 0.25) is 0 Å². The molecule has 0 aliphatic carbocycles. The molecule has 1 fully saturated rings. The summed E-state index contributed by atoms with van der Waals surface area (Å²) in [5.41, 5.74) is 0. The summed E-state index contributed by atoms with van der Waals surface area (Å²) in [5.74, 6) is 1.38. The number of aromatic nitrogens is 1. The van der Waals surface area contributed by atoms with Crippen LogP contribution in [0.15, 0.2) is 18.3 Å². The number of hydrogen-bond donors (Lipinski definition) is 1. The molecule has 0 aromatic carbocycles. The van der Waals surface area contributed by atoms with E-state index in [1.807, 2.05) is 26.0 Å². The molecule has 1 aromatic rings.